The second-order valence-corrected chi connectivity index (χ2v) is 12.5. The van der Waals surface area contributed by atoms with Crippen molar-refractivity contribution < 1.29 is 37.0 Å². The normalized spacial score (nSPS) is 22.1. The highest BCUT2D eigenvalue weighted by Gasteiger charge is 2.56. The van der Waals surface area contributed by atoms with Crippen LogP contribution in [0.25, 0.3) is 0 Å². The number of hydrogen-bond acceptors (Lipinski definition) is 5. The third kappa shape index (κ3) is 6.92. The van der Waals surface area contributed by atoms with Crippen LogP contribution in [0.2, 0.25) is 0 Å². The maximum atomic E-state index is 17.3. The van der Waals surface area contributed by atoms with Crippen molar-refractivity contribution in [1.29, 1.82) is 0 Å². The van der Waals surface area contributed by atoms with Crippen molar-refractivity contribution in [3.8, 4) is 5.75 Å². The average Bonchev–Trinajstić information content (AvgIpc) is 3.34. The minimum Gasteiger partial charge on any atom is -0.497 e. The highest BCUT2D eigenvalue weighted by Crippen LogP contribution is 2.44. The van der Waals surface area contributed by atoms with Crippen molar-refractivity contribution in [3.63, 3.8) is 0 Å². The quantitative estimate of drug-likeness (QED) is 0.373. The molecule has 0 aliphatic carbocycles. The number of aliphatic carboxylic acids is 1. The molecule has 236 valence electrons. The van der Waals surface area contributed by atoms with Gasteiger partial charge in [-0.1, -0.05) is 18.2 Å². The standard InChI is InChI=1S/C32H41F4N3O4/c1-6-37(18-23-7-10-24(32(34,35)36)17-27(23)38-15-13-22(14-16-38)28(40)41)29(42)31(33)20-39(30(2,3)4)19-26(31)21-8-11-25(43-5)12-9-21/h7-12,17,22,26H,6,13-16,18-20H2,1-5H3,(H,40,41)/t26-,31-/m0/s1. The third-order valence-electron chi connectivity index (χ3n) is 8.83. The number of rotatable bonds is 8. The van der Waals surface area contributed by atoms with Crippen LogP contribution < -0.4 is 9.64 Å². The number of benzene rings is 2. The molecule has 2 heterocycles. The number of likely N-dealkylation sites (tertiary alicyclic amines) is 1. The Morgan fingerprint density at radius 2 is 1.70 bits per heavy atom. The molecule has 0 aromatic heterocycles. The van der Waals surface area contributed by atoms with Gasteiger partial charge in [-0.05, 0) is 75.9 Å². The molecule has 11 heteroatoms. The molecule has 2 saturated heterocycles. The molecule has 2 aliphatic rings. The summed E-state index contributed by atoms with van der Waals surface area (Å²) >= 11 is 0. The second kappa shape index (κ2) is 12.3. The zero-order valence-electron chi connectivity index (χ0n) is 25.4. The van der Waals surface area contributed by atoms with E-state index >= 15 is 4.39 Å². The number of ether oxygens (including phenoxy) is 1. The predicted molar refractivity (Wildman–Crippen MR) is 156 cm³/mol. The number of piperidine rings is 1. The summed E-state index contributed by atoms with van der Waals surface area (Å²) in [6.07, 6.45) is -4.00. The average molecular weight is 608 g/mol. The molecule has 43 heavy (non-hydrogen) atoms. The zero-order chi connectivity index (χ0) is 31.7. The summed E-state index contributed by atoms with van der Waals surface area (Å²) in [5.41, 5.74) is -2.11. The third-order valence-corrected chi connectivity index (χ3v) is 8.83. The van der Waals surface area contributed by atoms with Crippen LogP contribution in [-0.2, 0) is 22.3 Å². The predicted octanol–water partition coefficient (Wildman–Crippen LogP) is 5.97. The number of carboxylic acids is 1. The zero-order valence-corrected chi connectivity index (χ0v) is 25.4. The molecule has 2 atom stereocenters. The number of carbonyl (C=O) groups is 2. The minimum atomic E-state index is -4.58. The molecule has 1 amide bonds. The summed E-state index contributed by atoms with van der Waals surface area (Å²) in [5, 5.41) is 9.38. The van der Waals surface area contributed by atoms with Crippen LogP contribution in [0.3, 0.4) is 0 Å². The van der Waals surface area contributed by atoms with Crippen LogP contribution in [0.4, 0.5) is 23.2 Å². The van der Waals surface area contributed by atoms with Crippen LogP contribution >= 0.6 is 0 Å². The van der Waals surface area contributed by atoms with Gasteiger partial charge < -0.3 is 19.6 Å². The Bertz CT molecular complexity index is 1300. The molecule has 2 aromatic rings. The summed E-state index contributed by atoms with van der Waals surface area (Å²) in [6, 6.07) is 10.4. The Labute approximate surface area is 250 Å². The Morgan fingerprint density at radius 1 is 1.07 bits per heavy atom. The van der Waals surface area contributed by atoms with Gasteiger partial charge in [0.05, 0.1) is 18.6 Å². The van der Waals surface area contributed by atoms with Gasteiger partial charge in [0.1, 0.15) is 5.75 Å². The van der Waals surface area contributed by atoms with E-state index in [9.17, 15) is 27.9 Å². The van der Waals surface area contributed by atoms with E-state index in [0.29, 0.717) is 36.3 Å². The smallest absolute Gasteiger partial charge is 0.416 e. The molecular formula is C32H41F4N3O4. The van der Waals surface area contributed by atoms with E-state index in [2.05, 4.69) is 0 Å². The maximum Gasteiger partial charge on any atom is 0.416 e. The molecule has 4 rings (SSSR count). The van der Waals surface area contributed by atoms with Gasteiger partial charge in [-0.25, -0.2) is 4.39 Å². The van der Waals surface area contributed by atoms with Gasteiger partial charge >= 0.3 is 12.1 Å². The molecular weight excluding hydrogens is 566 g/mol. The van der Waals surface area contributed by atoms with Crippen LogP contribution in [0.5, 0.6) is 5.75 Å². The highest BCUT2D eigenvalue weighted by atomic mass is 19.4. The lowest BCUT2D eigenvalue weighted by molar-refractivity contribution is -0.145. The molecule has 2 fully saturated rings. The molecule has 1 N–H and O–H groups in total. The van der Waals surface area contributed by atoms with E-state index in [1.165, 1.54) is 18.1 Å². The van der Waals surface area contributed by atoms with E-state index in [0.717, 1.165) is 12.1 Å². The number of anilines is 1. The van der Waals surface area contributed by atoms with Gasteiger partial charge in [0.15, 0.2) is 0 Å². The van der Waals surface area contributed by atoms with Crippen molar-refractivity contribution >= 4 is 17.6 Å². The van der Waals surface area contributed by atoms with Gasteiger partial charge in [0.25, 0.3) is 5.91 Å². The first-order chi connectivity index (χ1) is 20.1. The number of methoxy groups -OCH3 is 1. The molecule has 2 aromatic carbocycles. The lowest BCUT2D eigenvalue weighted by atomic mass is 9.85. The highest BCUT2D eigenvalue weighted by molar-refractivity contribution is 5.87. The minimum absolute atomic E-state index is 0.0851. The Hall–Kier alpha value is -3.34. The fourth-order valence-electron chi connectivity index (χ4n) is 6.08. The summed E-state index contributed by atoms with van der Waals surface area (Å²) in [5.74, 6) is -2.34. The fraction of sp³-hybridized carbons (Fsp3) is 0.562. The lowest BCUT2D eigenvalue weighted by Gasteiger charge is -2.36. The maximum absolute atomic E-state index is 17.3. The molecule has 0 saturated carbocycles. The molecule has 7 nitrogen and oxygen atoms in total. The number of halogens is 4. The number of nitrogens with zero attached hydrogens (tertiary/aromatic N) is 3. The van der Waals surface area contributed by atoms with Crippen molar-refractivity contribution in [2.45, 2.75) is 70.4 Å². The second-order valence-electron chi connectivity index (χ2n) is 12.5. The monoisotopic (exact) mass is 607 g/mol. The van der Waals surface area contributed by atoms with Crippen molar-refractivity contribution in [2.75, 3.05) is 44.7 Å². The first-order valence-corrected chi connectivity index (χ1v) is 14.6. The van der Waals surface area contributed by atoms with Crippen molar-refractivity contribution in [3.05, 3.63) is 59.2 Å². The number of alkyl halides is 4. The molecule has 0 bridgehead atoms. The molecule has 0 spiro atoms. The van der Waals surface area contributed by atoms with E-state index in [1.54, 1.807) is 36.1 Å². The summed E-state index contributed by atoms with van der Waals surface area (Å²) in [6.45, 7) is 8.41. The van der Waals surface area contributed by atoms with Gasteiger partial charge in [-0.3, -0.25) is 14.5 Å². The summed E-state index contributed by atoms with van der Waals surface area (Å²) in [4.78, 5) is 30.7. The summed E-state index contributed by atoms with van der Waals surface area (Å²) in [7, 11) is 1.54. The summed E-state index contributed by atoms with van der Waals surface area (Å²) < 4.78 is 63.7. The van der Waals surface area contributed by atoms with Crippen molar-refractivity contribution in [1.82, 2.24) is 9.80 Å². The Morgan fingerprint density at radius 3 is 2.21 bits per heavy atom. The van der Waals surface area contributed by atoms with Crippen LogP contribution in [0.15, 0.2) is 42.5 Å². The topological polar surface area (TPSA) is 73.3 Å². The molecule has 0 radical (unpaired) electrons. The fourth-order valence-corrected chi connectivity index (χ4v) is 6.08. The first kappa shape index (κ1) is 32.6. The van der Waals surface area contributed by atoms with E-state index in [4.69, 9.17) is 4.74 Å². The number of carboxylic acid groups (broad SMARTS) is 1. The number of hydrogen-bond donors (Lipinski definition) is 1. The number of carbonyl (C=O) groups excluding carboxylic acids is 1. The molecule has 2 aliphatic heterocycles. The largest absolute Gasteiger partial charge is 0.497 e. The van der Waals surface area contributed by atoms with Crippen LogP contribution in [0, 0.1) is 5.92 Å². The Kier molecular flexibility index (Phi) is 9.35. The van der Waals surface area contributed by atoms with Crippen LogP contribution in [0.1, 0.15) is 63.1 Å². The van der Waals surface area contributed by atoms with Gasteiger partial charge in [0.2, 0.25) is 5.67 Å². The van der Waals surface area contributed by atoms with Crippen molar-refractivity contribution in [2.24, 2.45) is 5.92 Å². The first-order valence-electron chi connectivity index (χ1n) is 14.6. The van der Waals surface area contributed by atoms with Gasteiger partial charge in [-0.15, -0.1) is 0 Å². The van der Waals surface area contributed by atoms with Gasteiger partial charge in [0, 0.05) is 56.4 Å². The van der Waals surface area contributed by atoms with Crippen LogP contribution in [-0.4, -0.2) is 77.8 Å². The van der Waals surface area contributed by atoms with E-state index in [-0.39, 0.29) is 38.4 Å². The van der Waals surface area contributed by atoms with E-state index in [1.807, 2.05) is 25.7 Å². The number of amides is 1. The van der Waals surface area contributed by atoms with E-state index < -0.39 is 46.7 Å². The lowest BCUT2D eigenvalue weighted by Crippen LogP contribution is -2.51. The molecule has 0 unspecified atom stereocenters. The van der Waals surface area contributed by atoms with Gasteiger partial charge in [-0.2, -0.15) is 13.2 Å². The Balaban J connectivity index is 1.67. The SMILES string of the molecule is CCN(Cc1ccc(C(F)(F)F)cc1N1CCC(C(=O)O)CC1)C(=O)[C@]1(F)CN(C(C)(C)C)C[C@H]1c1ccc(OC)cc1.